The Hall–Kier alpha value is -2.78. The van der Waals surface area contributed by atoms with Crippen molar-refractivity contribution >= 4 is 23.8 Å². The molecule has 0 atom stereocenters. The van der Waals surface area contributed by atoms with Gasteiger partial charge in [0.15, 0.2) is 0 Å². The first-order valence-electron chi connectivity index (χ1n) is 5.34. The van der Waals surface area contributed by atoms with E-state index in [-0.39, 0.29) is 23.8 Å². The summed E-state index contributed by atoms with van der Waals surface area (Å²) in [6.07, 6.45) is 0. The second-order valence-corrected chi connectivity index (χ2v) is 4.38. The lowest BCUT2D eigenvalue weighted by Gasteiger charge is -2.21. The lowest BCUT2D eigenvalue weighted by atomic mass is 9.91. The van der Waals surface area contributed by atoms with E-state index in [0.29, 0.717) is 11.6 Å². The molecule has 2 rings (SSSR count). The van der Waals surface area contributed by atoms with Crippen LogP contribution in [0.1, 0.15) is 25.5 Å². The van der Waals surface area contributed by atoms with E-state index in [2.05, 4.69) is 29.9 Å². The maximum absolute atomic E-state index is 5.55. The lowest BCUT2D eigenvalue weighted by Crippen LogP contribution is -2.28. The first-order chi connectivity index (χ1) is 8.79. The molecule has 0 aliphatic carbocycles. The Labute approximate surface area is 108 Å². The smallest absolute Gasteiger partial charge is 0.225 e. The van der Waals surface area contributed by atoms with Crippen LogP contribution in [0.2, 0.25) is 0 Å². The van der Waals surface area contributed by atoms with Crippen LogP contribution in [0, 0.1) is 0 Å². The van der Waals surface area contributed by atoms with E-state index in [9.17, 15) is 0 Å². The molecule has 0 saturated heterocycles. The maximum Gasteiger partial charge on any atom is 0.225 e. The minimum atomic E-state index is -0.795. The summed E-state index contributed by atoms with van der Waals surface area (Å²) in [6, 6.07) is 0. The van der Waals surface area contributed by atoms with E-state index >= 15 is 0 Å². The van der Waals surface area contributed by atoms with E-state index in [1.807, 2.05) is 0 Å². The average Bonchev–Trinajstić information content (AvgIpc) is 2.26. The second kappa shape index (κ2) is 4.15. The van der Waals surface area contributed by atoms with Gasteiger partial charge in [-0.05, 0) is 13.8 Å². The number of anilines is 4. The Morgan fingerprint density at radius 1 is 0.579 bits per heavy atom. The van der Waals surface area contributed by atoms with Gasteiger partial charge in [0, 0.05) is 0 Å². The minimum absolute atomic E-state index is 0.0191. The summed E-state index contributed by atoms with van der Waals surface area (Å²) in [4.78, 5) is 23.6. The average molecular weight is 262 g/mol. The van der Waals surface area contributed by atoms with Gasteiger partial charge in [-0.3, -0.25) is 0 Å². The predicted octanol–water partition coefficient (Wildman–Crippen LogP) is -1.29. The zero-order chi connectivity index (χ0) is 14.2. The van der Waals surface area contributed by atoms with Crippen molar-refractivity contribution in [2.45, 2.75) is 19.3 Å². The molecule has 8 N–H and O–H groups in total. The van der Waals surface area contributed by atoms with Crippen LogP contribution in [0.25, 0.3) is 0 Å². The molecule has 100 valence electrons. The van der Waals surface area contributed by atoms with Crippen molar-refractivity contribution in [1.82, 2.24) is 29.9 Å². The van der Waals surface area contributed by atoms with E-state index < -0.39 is 5.41 Å². The first kappa shape index (κ1) is 12.7. The molecule has 0 aromatic carbocycles. The van der Waals surface area contributed by atoms with Gasteiger partial charge < -0.3 is 22.9 Å². The minimum Gasteiger partial charge on any atom is -0.368 e. The van der Waals surface area contributed by atoms with Gasteiger partial charge in [-0.1, -0.05) is 0 Å². The molecular weight excluding hydrogens is 248 g/mol. The van der Waals surface area contributed by atoms with Crippen LogP contribution in [0.5, 0.6) is 0 Å². The summed E-state index contributed by atoms with van der Waals surface area (Å²) in [5, 5.41) is 0. The summed E-state index contributed by atoms with van der Waals surface area (Å²) in [5.74, 6) is 0.720. The van der Waals surface area contributed by atoms with Crippen LogP contribution in [0.15, 0.2) is 0 Å². The van der Waals surface area contributed by atoms with Crippen LogP contribution in [0.3, 0.4) is 0 Å². The first-order valence-corrected chi connectivity index (χ1v) is 5.34. The standard InChI is InChI=1S/C9H14N10/c1-9(2,3-14-5(10)18-6(11)15-3)4-16-7(12)19-8(13)17-4/h1-2H3,(H4,10,11,14,15,18)(H4,12,13,16,17,19). The van der Waals surface area contributed by atoms with Crippen molar-refractivity contribution in [3.8, 4) is 0 Å². The molecule has 0 aliphatic heterocycles. The Kier molecular flexibility index (Phi) is 2.77. The highest BCUT2D eigenvalue weighted by Crippen LogP contribution is 2.27. The van der Waals surface area contributed by atoms with Gasteiger partial charge in [0.05, 0.1) is 5.41 Å². The molecule has 2 aromatic heterocycles. The highest BCUT2D eigenvalue weighted by atomic mass is 15.2. The topological polar surface area (TPSA) is 181 Å². The number of hydrogen-bond acceptors (Lipinski definition) is 10. The molecule has 2 aromatic rings. The van der Waals surface area contributed by atoms with Gasteiger partial charge in [0.2, 0.25) is 23.8 Å². The number of hydrogen-bond donors (Lipinski definition) is 4. The Bertz CT molecular complexity index is 528. The summed E-state index contributed by atoms with van der Waals surface area (Å²) < 4.78 is 0. The number of rotatable bonds is 2. The molecule has 19 heavy (non-hydrogen) atoms. The Balaban J connectivity index is 2.57. The number of nitrogens with zero attached hydrogens (tertiary/aromatic N) is 6. The molecular formula is C9H14N10. The van der Waals surface area contributed by atoms with E-state index in [0.717, 1.165) is 0 Å². The van der Waals surface area contributed by atoms with Crippen molar-refractivity contribution in [2.75, 3.05) is 22.9 Å². The monoisotopic (exact) mass is 262 g/mol. The largest absolute Gasteiger partial charge is 0.368 e. The van der Waals surface area contributed by atoms with E-state index in [1.165, 1.54) is 0 Å². The number of nitrogens with two attached hydrogens (primary N) is 4. The summed E-state index contributed by atoms with van der Waals surface area (Å²) >= 11 is 0. The van der Waals surface area contributed by atoms with Crippen LogP contribution >= 0.6 is 0 Å². The van der Waals surface area contributed by atoms with Crippen molar-refractivity contribution < 1.29 is 0 Å². The van der Waals surface area contributed by atoms with Gasteiger partial charge in [-0.2, -0.15) is 29.9 Å². The molecule has 0 fully saturated rings. The summed E-state index contributed by atoms with van der Waals surface area (Å²) in [6.45, 7) is 3.57. The predicted molar refractivity (Wildman–Crippen MR) is 69.4 cm³/mol. The molecule has 0 radical (unpaired) electrons. The van der Waals surface area contributed by atoms with Crippen molar-refractivity contribution in [1.29, 1.82) is 0 Å². The van der Waals surface area contributed by atoms with E-state index in [4.69, 9.17) is 22.9 Å². The highest BCUT2D eigenvalue weighted by Gasteiger charge is 2.31. The fourth-order valence-corrected chi connectivity index (χ4v) is 1.48. The summed E-state index contributed by atoms with van der Waals surface area (Å²) in [5.41, 5.74) is 21.4. The zero-order valence-corrected chi connectivity index (χ0v) is 10.5. The van der Waals surface area contributed by atoms with Gasteiger partial charge in [-0.25, -0.2) is 0 Å². The van der Waals surface area contributed by atoms with Crippen LogP contribution < -0.4 is 22.9 Å². The third-order valence-electron chi connectivity index (χ3n) is 2.46. The lowest BCUT2D eigenvalue weighted by molar-refractivity contribution is 0.547. The third kappa shape index (κ3) is 2.41. The third-order valence-corrected chi connectivity index (χ3v) is 2.46. The van der Waals surface area contributed by atoms with Crippen LogP contribution in [0.4, 0.5) is 23.8 Å². The molecule has 0 bridgehead atoms. The fourth-order valence-electron chi connectivity index (χ4n) is 1.48. The van der Waals surface area contributed by atoms with Gasteiger partial charge in [0.25, 0.3) is 0 Å². The van der Waals surface area contributed by atoms with Gasteiger partial charge in [-0.15, -0.1) is 0 Å². The molecule has 0 spiro atoms. The molecule has 10 heteroatoms. The molecule has 0 amide bonds. The molecule has 2 heterocycles. The van der Waals surface area contributed by atoms with E-state index in [1.54, 1.807) is 13.8 Å². The van der Waals surface area contributed by atoms with Gasteiger partial charge >= 0.3 is 0 Å². The molecule has 10 nitrogen and oxygen atoms in total. The molecule has 0 unspecified atom stereocenters. The maximum atomic E-state index is 5.55. The summed E-state index contributed by atoms with van der Waals surface area (Å²) in [7, 11) is 0. The Morgan fingerprint density at radius 3 is 1.11 bits per heavy atom. The number of nitrogen functional groups attached to an aromatic ring is 4. The normalized spacial score (nSPS) is 11.5. The quantitative estimate of drug-likeness (QED) is 0.508. The molecule has 0 saturated carbocycles. The van der Waals surface area contributed by atoms with Crippen molar-refractivity contribution in [2.24, 2.45) is 0 Å². The SMILES string of the molecule is CC(C)(c1nc(N)nc(N)n1)c1nc(N)nc(N)n1. The van der Waals surface area contributed by atoms with Gasteiger partial charge in [0.1, 0.15) is 11.6 Å². The second-order valence-electron chi connectivity index (χ2n) is 4.38. The highest BCUT2D eigenvalue weighted by molar-refractivity contribution is 5.34. The van der Waals surface area contributed by atoms with Crippen molar-refractivity contribution in [3.05, 3.63) is 11.6 Å². The van der Waals surface area contributed by atoms with Crippen LogP contribution in [-0.2, 0) is 5.41 Å². The molecule has 0 aliphatic rings. The van der Waals surface area contributed by atoms with Crippen LogP contribution in [-0.4, -0.2) is 29.9 Å². The Morgan fingerprint density at radius 2 is 0.842 bits per heavy atom. The number of aromatic nitrogens is 6. The fraction of sp³-hybridized carbons (Fsp3) is 0.333. The van der Waals surface area contributed by atoms with Crippen molar-refractivity contribution in [3.63, 3.8) is 0 Å². The zero-order valence-electron chi connectivity index (χ0n) is 10.5.